The lowest BCUT2D eigenvalue weighted by atomic mass is 10.2. The summed E-state index contributed by atoms with van der Waals surface area (Å²) in [7, 11) is 2.03. The van der Waals surface area contributed by atoms with Crippen LogP contribution in [0.3, 0.4) is 0 Å². The zero-order valence-electron chi connectivity index (χ0n) is 17.0. The maximum atomic E-state index is 12.3. The number of hydrogen-bond acceptors (Lipinski definition) is 3. The van der Waals surface area contributed by atoms with Crippen molar-refractivity contribution >= 4 is 29.0 Å². The maximum absolute atomic E-state index is 12.3. The number of rotatable bonds is 8. The molecule has 0 atom stereocenters. The number of urea groups is 1. The molecule has 0 saturated heterocycles. The molecular weight excluding hydrogens is 376 g/mol. The molecule has 0 aliphatic heterocycles. The summed E-state index contributed by atoms with van der Waals surface area (Å²) >= 11 is 0. The highest BCUT2D eigenvalue weighted by Crippen LogP contribution is 2.13. The van der Waals surface area contributed by atoms with Gasteiger partial charge in [0.15, 0.2) is 0 Å². The van der Waals surface area contributed by atoms with Gasteiger partial charge in [0.05, 0.1) is 0 Å². The van der Waals surface area contributed by atoms with Crippen LogP contribution >= 0.6 is 0 Å². The second kappa shape index (κ2) is 10.7. The molecule has 3 aromatic rings. The minimum absolute atomic E-state index is 0.195. The van der Waals surface area contributed by atoms with Crippen LogP contribution in [0.15, 0.2) is 84.9 Å². The maximum Gasteiger partial charge on any atom is 0.319 e. The number of nitrogens with zero attached hydrogens (tertiary/aromatic N) is 1. The molecule has 6 nitrogen and oxygen atoms in total. The Kier molecular flexibility index (Phi) is 7.44. The summed E-state index contributed by atoms with van der Waals surface area (Å²) in [6.07, 6.45) is 0.831. The van der Waals surface area contributed by atoms with Crippen molar-refractivity contribution in [3.63, 3.8) is 0 Å². The van der Waals surface area contributed by atoms with Crippen molar-refractivity contribution in [2.75, 3.05) is 35.7 Å². The molecule has 3 amide bonds. The van der Waals surface area contributed by atoms with E-state index in [1.165, 1.54) is 0 Å². The lowest BCUT2D eigenvalue weighted by Gasteiger charge is -2.19. The van der Waals surface area contributed by atoms with Gasteiger partial charge in [0.1, 0.15) is 0 Å². The van der Waals surface area contributed by atoms with Crippen molar-refractivity contribution in [2.45, 2.75) is 6.42 Å². The van der Waals surface area contributed by atoms with E-state index in [0.29, 0.717) is 17.8 Å². The van der Waals surface area contributed by atoms with Crippen LogP contribution in [0.1, 0.15) is 16.8 Å². The van der Waals surface area contributed by atoms with Crippen LogP contribution in [-0.2, 0) is 0 Å². The van der Waals surface area contributed by atoms with Crippen LogP contribution in [0.2, 0.25) is 0 Å². The van der Waals surface area contributed by atoms with Gasteiger partial charge in [-0.05, 0) is 55.0 Å². The van der Waals surface area contributed by atoms with E-state index >= 15 is 0 Å². The Balaban J connectivity index is 1.39. The van der Waals surface area contributed by atoms with Gasteiger partial charge in [-0.15, -0.1) is 0 Å². The summed E-state index contributed by atoms with van der Waals surface area (Å²) in [6, 6.07) is 25.9. The van der Waals surface area contributed by atoms with E-state index in [0.717, 1.165) is 24.3 Å². The largest absolute Gasteiger partial charge is 0.375 e. The average Bonchev–Trinajstić information content (AvgIpc) is 2.78. The first-order chi connectivity index (χ1) is 14.6. The molecule has 0 fully saturated rings. The lowest BCUT2D eigenvalue weighted by molar-refractivity contribution is 0.102. The third kappa shape index (κ3) is 6.38. The van der Waals surface area contributed by atoms with Crippen molar-refractivity contribution in [2.24, 2.45) is 0 Å². The molecule has 0 bridgehead atoms. The van der Waals surface area contributed by atoms with Crippen LogP contribution in [0.25, 0.3) is 0 Å². The van der Waals surface area contributed by atoms with Gasteiger partial charge < -0.3 is 20.9 Å². The van der Waals surface area contributed by atoms with Gasteiger partial charge in [-0.25, -0.2) is 4.79 Å². The third-order valence-corrected chi connectivity index (χ3v) is 4.59. The molecule has 0 aliphatic rings. The van der Waals surface area contributed by atoms with E-state index in [-0.39, 0.29) is 11.9 Å². The average molecular weight is 402 g/mol. The number of nitrogens with one attached hydrogen (secondary N) is 3. The molecule has 6 heteroatoms. The monoisotopic (exact) mass is 402 g/mol. The van der Waals surface area contributed by atoms with Crippen LogP contribution in [0.5, 0.6) is 0 Å². The summed E-state index contributed by atoms with van der Waals surface area (Å²) in [5.41, 5.74) is 3.04. The van der Waals surface area contributed by atoms with E-state index in [1.54, 1.807) is 24.3 Å². The molecule has 0 unspecified atom stereocenters. The molecule has 0 spiro atoms. The Hall–Kier alpha value is -3.80. The van der Waals surface area contributed by atoms with Crippen LogP contribution in [0, 0.1) is 0 Å². The molecule has 3 rings (SSSR count). The highest BCUT2D eigenvalue weighted by Gasteiger charge is 2.07. The van der Waals surface area contributed by atoms with E-state index in [1.807, 2.05) is 55.6 Å². The Morgan fingerprint density at radius 3 is 2.03 bits per heavy atom. The summed E-state index contributed by atoms with van der Waals surface area (Å²) in [5, 5.41) is 8.47. The minimum atomic E-state index is -0.265. The zero-order valence-corrected chi connectivity index (χ0v) is 17.0. The first-order valence-electron chi connectivity index (χ1n) is 9.89. The van der Waals surface area contributed by atoms with E-state index in [9.17, 15) is 9.59 Å². The van der Waals surface area contributed by atoms with Gasteiger partial charge in [0, 0.05) is 42.8 Å². The Labute approximate surface area is 176 Å². The highest BCUT2D eigenvalue weighted by atomic mass is 16.2. The predicted octanol–water partition coefficient (Wildman–Crippen LogP) is 4.59. The quantitative estimate of drug-likeness (QED) is 0.483. The second-order valence-electron chi connectivity index (χ2n) is 6.89. The van der Waals surface area contributed by atoms with Gasteiger partial charge in [0.25, 0.3) is 5.91 Å². The molecule has 0 aromatic heterocycles. The van der Waals surface area contributed by atoms with Gasteiger partial charge in [-0.3, -0.25) is 4.79 Å². The van der Waals surface area contributed by atoms with E-state index < -0.39 is 0 Å². The minimum Gasteiger partial charge on any atom is -0.375 e. The normalized spacial score (nSPS) is 10.2. The molecule has 0 radical (unpaired) electrons. The summed E-state index contributed by atoms with van der Waals surface area (Å²) in [5.74, 6) is -0.195. The fourth-order valence-electron chi connectivity index (χ4n) is 2.93. The molecule has 0 aliphatic carbocycles. The molecule has 3 N–H and O–H groups in total. The SMILES string of the molecule is CN(CCCNC(=O)Nc1ccc(C(=O)Nc2ccccc2)cc1)c1ccccc1. The van der Waals surface area contributed by atoms with Crippen molar-refractivity contribution in [3.8, 4) is 0 Å². The zero-order chi connectivity index (χ0) is 21.2. The highest BCUT2D eigenvalue weighted by molar-refractivity contribution is 6.04. The van der Waals surface area contributed by atoms with Crippen molar-refractivity contribution in [1.29, 1.82) is 0 Å². The van der Waals surface area contributed by atoms with Crippen molar-refractivity contribution in [3.05, 3.63) is 90.5 Å². The third-order valence-electron chi connectivity index (χ3n) is 4.59. The fourth-order valence-corrected chi connectivity index (χ4v) is 2.93. The topological polar surface area (TPSA) is 73.5 Å². The lowest BCUT2D eigenvalue weighted by Crippen LogP contribution is -2.31. The van der Waals surface area contributed by atoms with Crippen molar-refractivity contribution in [1.82, 2.24) is 5.32 Å². The Morgan fingerprint density at radius 2 is 1.37 bits per heavy atom. The van der Waals surface area contributed by atoms with Gasteiger partial charge in [-0.1, -0.05) is 36.4 Å². The first kappa shape index (κ1) is 20.9. The Morgan fingerprint density at radius 1 is 0.767 bits per heavy atom. The molecule has 30 heavy (non-hydrogen) atoms. The second-order valence-corrected chi connectivity index (χ2v) is 6.89. The van der Waals surface area contributed by atoms with Crippen LogP contribution in [-0.4, -0.2) is 32.1 Å². The van der Waals surface area contributed by atoms with E-state index in [2.05, 4.69) is 33.0 Å². The number of benzene rings is 3. The number of anilines is 3. The fraction of sp³-hybridized carbons (Fsp3) is 0.167. The van der Waals surface area contributed by atoms with Crippen LogP contribution < -0.4 is 20.9 Å². The van der Waals surface area contributed by atoms with Gasteiger partial charge in [0.2, 0.25) is 0 Å². The molecule has 154 valence electrons. The standard InChI is InChI=1S/C24H26N4O2/c1-28(22-11-6-3-7-12-22)18-8-17-25-24(30)27-21-15-13-19(14-16-21)23(29)26-20-9-4-2-5-10-20/h2-7,9-16H,8,17-18H2,1H3,(H,26,29)(H2,25,27,30). The number of carbonyl (C=O) groups excluding carboxylic acids is 2. The number of amides is 3. The molecular formula is C24H26N4O2. The first-order valence-corrected chi connectivity index (χ1v) is 9.89. The molecule has 0 saturated carbocycles. The van der Waals surface area contributed by atoms with Crippen LogP contribution in [0.4, 0.5) is 21.9 Å². The Bertz CT molecular complexity index is 944. The summed E-state index contributed by atoms with van der Waals surface area (Å²) in [6.45, 7) is 1.41. The number of carbonyl (C=O) groups is 2. The number of para-hydroxylation sites is 2. The summed E-state index contributed by atoms with van der Waals surface area (Å²) in [4.78, 5) is 26.5. The number of hydrogen-bond donors (Lipinski definition) is 3. The van der Waals surface area contributed by atoms with E-state index in [4.69, 9.17) is 0 Å². The predicted molar refractivity (Wildman–Crippen MR) is 122 cm³/mol. The molecule has 0 heterocycles. The van der Waals surface area contributed by atoms with Gasteiger partial charge in [-0.2, -0.15) is 0 Å². The smallest absolute Gasteiger partial charge is 0.319 e. The molecule has 3 aromatic carbocycles. The van der Waals surface area contributed by atoms with Crippen molar-refractivity contribution < 1.29 is 9.59 Å². The summed E-state index contributed by atoms with van der Waals surface area (Å²) < 4.78 is 0. The van der Waals surface area contributed by atoms with Gasteiger partial charge >= 0.3 is 6.03 Å².